The average molecular weight is 278 g/mol. The average Bonchev–Trinajstić information content (AvgIpc) is 2.17. The Balaban J connectivity index is 3.16. The molecule has 14 heavy (non-hydrogen) atoms. The predicted molar refractivity (Wildman–Crippen MR) is 60.4 cm³/mol. The van der Waals surface area contributed by atoms with Crippen LogP contribution in [0, 0.1) is 0 Å². The van der Waals surface area contributed by atoms with E-state index in [2.05, 4.69) is 15.9 Å². The molecule has 0 aromatic heterocycles. The van der Waals surface area contributed by atoms with Gasteiger partial charge < -0.3 is 5.11 Å². The SMILES string of the molecule is CC(Br)C(=O)c1cccc(CCl)c1O. The number of benzene rings is 1. The zero-order valence-electron chi connectivity index (χ0n) is 7.63. The summed E-state index contributed by atoms with van der Waals surface area (Å²) in [4.78, 5) is 11.3. The van der Waals surface area contributed by atoms with Crippen LogP contribution >= 0.6 is 27.5 Å². The predicted octanol–water partition coefficient (Wildman–Crippen LogP) is 3.10. The van der Waals surface area contributed by atoms with Gasteiger partial charge in [-0.1, -0.05) is 28.1 Å². The number of carbonyl (C=O) groups is 1. The van der Waals surface area contributed by atoms with Gasteiger partial charge in [-0.05, 0) is 13.0 Å². The summed E-state index contributed by atoms with van der Waals surface area (Å²) in [5.41, 5.74) is 0.887. The van der Waals surface area contributed by atoms with Crippen LogP contribution < -0.4 is 0 Å². The Morgan fingerprint density at radius 3 is 2.79 bits per heavy atom. The lowest BCUT2D eigenvalue weighted by Gasteiger charge is -2.07. The highest BCUT2D eigenvalue weighted by atomic mass is 79.9. The molecule has 1 aromatic carbocycles. The maximum absolute atomic E-state index is 11.6. The number of hydrogen-bond acceptors (Lipinski definition) is 2. The Morgan fingerprint density at radius 1 is 1.64 bits per heavy atom. The first-order valence-corrected chi connectivity index (χ1v) is 5.58. The van der Waals surface area contributed by atoms with E-state index in [0.717, 1.165) is 0 Å². The maximum Gasteiger partial charge on any atom is 0.179 e. The molecule has 1 rings (SSSR count). The van der Waals surface area contributed by atoms with Gasteiger partial charge in [0.05, 0.1) is 16.3 Å². The number of halogens is 2. The van der Waals surface area contributed by atoms with Crippen molar-refractivity contribution in [1.82, 2.24) is 0 Å². The minimum Gasteiger partial charge on any atom is -0.507 e. The van der Waals surface area contributed by atoms with Crippen molar-refractivity contribution in [2.24, 2.45) is 0 Å². The number of rotatable bonds is 3. The van der Waals surface area contributed by atoms with E-state index in [1.54, 1.807) is 25.1 Å². The first-order valence-electron chi connectivity index (χ1n) is 4.13. The van der Waals surface area contributed by atoms with Gasteiger partial charge in [0.25, 0.3) is 0 Å². The van der Waals surface area contributed by atoms with Gasteiger partial charge in [0, 0.05) is 5.56 Å². The molecule has 0 saturated carbocycles. The molecule has 0 heterocycles. The molecule has 0 bridgehead atoms. The van der Waals surface area contributed by atoms with Crippen LogP contribution in [0.1, 0.15) is 22.8 Å². The highest BCUT2D eigenvalue weighted by Gasteiger charge is 2.17. The topological polar surface area (TPSA) is 37.3 Å². The number of para-hydroxylation sites is 1. The van der Waals surface area contributed by atoms with Gasteiger partial charge in [0.15, 0.2) is 5.78 Å². The molecular formula is C10H10BrClO2. The van der Waals surface area contributed by atoms with Crippen LogP contribution in [0.5, 0.6) is 5.75 Å². The van der Waals surface area contributed by atoms with Gasteiger partial charge in [-0.25, -0.2) is 0 Å². The van der Waals surface area contributed by atoms with Crippen molar-refractivity contribution in [3.05, 3.63) is 29.3 Å². The minimum atomic E-state index is -0.307. The van der Waals surface area contributed by atoms with E-state index in [4.69, 9.17) is 11.6 Å². The van der Waals surface area contributed by atoms with Crippen molar-refractivity contribution in [2.75, 3.05) is 0 Å². The molecule has 0 saturated heterocycles. The highest BCUT2D eigenvalue weighted by molar-refractivity contribution is 9.10. The fourth-order valence-corrected chi connectivity index (χ4v) is 1.57. The molecule has 76 valence electrons. The van der Waals surface area contributed by atoms with Crippen molar-refractivity contribution in [3.63, 3.8) is 0 Å². The van der Waals surface area contributed by atoms with Gasteiger partial charge in [0.2, 0.25) is 0 Å². The number of alkyl halides is 2. The zero-order chi connectivity index (χ0) is 10.7. The van der Waals surface area contributed by atoms with Gasteiger partial charge in [-0.3, -0.25) is 4.79 Å². The van der Waals surface area contributed by atoms with Crippen molar-refractivity contribution < 1.29 is 9.90 Å². The minimum absolute atomic E-state index is 0.0150. The Hall–Kier alpha value is -0.540. The fourth-order valence-electron chi connectivity index (χ4n) is 1.11. The highest BCUT2D eigenvalue weighted by Crippen LogP contribution is 2.26. The fraction of sp³-hybridized carbons (Fsp3) is 0.300. The third-order valence-electron chi connectivity index (χ3n) is 1.89. The van der Waals surface area contributed by atoms with Crippen LogP contribution in [0.2, 0.25) is 0 Å². The summed E-state index contributed by atoms with van der Waals surface area (Å²) in [6, 6.07) is 4.99. The van der Waals surface area contributed by atoms with Crippen molar-refractivity contribution in [1.29, 1.82) is 0 Å². The Labute approximate surface area is 96.0 Å². The second-order valence-electron chi connectivity index (χ2n) is 2.93. The van der Waals surface area contributed by atoms with Crippen molar-refractivity contribution >= 4 is 33.3 Å². The van der Waals surface area contributed by atoms with E-state index < -0.39 is 0 Å². The molecule has 1 unspecified atom stereocenters. The van der Waals surface area contributed by atoms with Gasteiger partial charge in [-0.15, -0.1) is 11.6 Å². The Bertz CT molecular complexity index is 350. The molecule has 1 atom stereocenters. The molecule has 0 fully saturated rings. The summed E-state index contributed by atoms with van der Waals surface area (Å²) in [5.74, 6) is 0.0390. The first kappa shape index (κ1) is 11.5. The zero-order valence-corrected chi connectivity index (χ0v) is 9.97. The number of phenolic OH excluding ortho intramolecular Hbond substituents is 1. The van der Waals surface area contributed by atoms with Crippen LogP contribution in [0.15, 0.2) is 18.2 Å². The number of hydrogen-bond donors (Lipinski definition) is 1. The third-order valence-corrected chi connectivity index (χ3v) is 2.59. The lowest BCUT2D eigenvalue weighted by Crippen LogP contribution is -2.10. The van der Waals surface area contributed by atoms with Crippen molar-refractivity contribution in [2.45, 2.75) is 17.6 Å². The van der Waals surface area contributed by atoms with E-state index in [1.165, 1.54) is 0 Å². The summed E-state index contributed by atoms with van der Waals surface area (Å²) < 4.78 is 0. The van der Waals surface area contributed by atoms with Gasteiger partial charge >= 0.3 is 0 Å². The quantitative estimate of drug-likeness (QED) is 0.681. The largest absolute Gasteiger partial charge is 0.507 e. The van der Waals surface area contributed by atoms with Crippen LogP contribution in [0.4, 0.5) is 0 Å². The monoisotopic (exact) mass is 276 g/mol. The van der Waals surface area contributed by atoms with Crippen LogP contribution in [0.25, 0.3) is 0 Å². The van der Waals surface area contributed by atoms with E-state index in [0.29, 0.717) is 11.1 Å². The second kappa shape index (κ2) is 4.80. The molecule has 2 nitrogen and oxygen atoms in total. The smallest absolute Gasteiger partial charge is 0.179 e. The summed E-state index contributed by atoms with van der Waals surface area (Å²) in [7, 11) is 0. The van der Waals surface area contributed by atoms with Crippen LogP contribution in [-0.4, -0.2) is 15.7 Å². The van der Waals surface area contributed by atoms with E-state index in [-0.39, 0.29) is 22.2 Å². The van der Waals surface area contributed by atoms with Crippen LogP contribution in [-0.2, 0) is 5.88 Å². The molecule has 1 aromatic rings. The molecule has 0 radical (unpaired) electrons. The van der Waals surface area contributed by atoms with E-state index in [1.807, 2.05) is 0 Å². The molecule has 0 aliphatic rings. The summed E-state index contributed by atoms with van der Waals surface area (Å²) in [6.45, 7) is 1.72. The summed E-state index contributed by atoms with van der Waals surface area (Å²) in [5, 5.41) is 9.68. The number of ketones is 1. The number of aromatic hydroxyl groups is 1. The molecule has 4 heteroatoms. The summed E-state index contributed by atoms with van der Waals surface area (Å²) in [6.07, 6.45) is 0. The molecule has 0 aliphatic heterocycles. The lowest BCUT2D eigenvalue weighted by atomic mass is 10.0. The summed E-state index contributed by atoms with van der Waals surface area (Å²) >= 11 is 8.77. The normalized spacial score (nSPS) is 12.5. The molecule has 1 N–H and O–H groups in total. The van der Waals surface area contributed by atoms with Gasteiger partial charge in [-0.2, -0.15) is 0 Å². The molecule has 0 amide bonds. The number of Topliss-reactive ketones (excluding diaryl/α,β-unsaturated/α-hetero) is 1. The van der Waals surface area contributed by atoms with Crippen LogP contribution in [0.3, 0.4) is 0 Å². The van der Waals surface area contributed by atoms with E-state index >= 15 is 0 Å². The first-order chi connectivity index (χ1) is 6.57. The second-order valence-corrected chi connectivity index (χ2v) is 4.57. The van der Waals surface area contributed by atoms with Gasteiger partial charge in [0.1, 0.15) is 5.75 Å². The Kier molecular flexibility index (Phi) is 3.96. The molecular weight excluding hydrogens is 267 g/mol. The van der Waals surface area contributed by atoms with Crippen molar-refractivity contribution in [3.8, 4) is 5.75 Å². The standard InChI is InChI=1S/C10H10BrClO2/c1-6(11)9(13)8-4-2-3-7(5-12)10(8)14/h2-4,6,14H,5H2,1H3. The molecule has 0 spiro atoms. The number of carbonyl (C=O) groups excluding carboxylic acids is 1. The lowest BCUT2D eigenvalue weighted by molar-refractivity contribution is 0.0993. The Morgan fingerprint density at radius 2 is 2.29 bits per heavy atom. The molecule has 0 aliphatic carbocycles. The third kappa shape index (κ3) is 2.28. The maximum atomic E-state index is 11.6. The van der Waals surface area contributed by atoms with E-state index in [9.17, 15) is 9.90 Å². The number of phenols is 1.